The number of amides is 2. The molecule has 0 spiro atoms. The first-order valence-corrected chi connectivity index (χ1v) is 6.22. The number of rotatable bonds is 4. The van der Waals surface area contributed by atoms with Crippen molar-refractivity contribution in [2.75, 3.05) is 13.2 Å². The zero-order chi connectivity index (χ0) is 13.7. The van der Waals surface area contributed by atoms with Crippen LogP contribution < -0.4 is 5.32 Å². The maximum absolute atomic E-state index is 12.1. The number of carbonyl (C=O) groups is 2. The average Bonchev–Trinajstić information content (AvgIpc) is 2.42. The SMILES string of the molecule is CCCON1CC(=O)NC(=Cc2ccccc2)C1=O. The molecule has 2 rings (SSSR count). The minimum Gasteiger partial charge on any atom is -0.320 e. The summed E-state index contributed by atoms with van der Waals surface area (Å²) in [5.74, 6) is -0.574. The molecule has 0 bridgehead atoms. The van der Waals surface area contributed by atoms with Crippen LogP contribution in [-0.2, 0) is 14.4 Å². The van der Waals surface area contributed by atoms with Crippen molar-refractivity contribution in [3.8, 4) is 0 Å². The molecule has 1 fully saturated rings. The molecule has 0 atom stereocenters. The lowest BCUT2D eigenvalue weighted by atomic mass is 10.1. The number of benzene rings is 1. The van der Waals surface area contributed by atoms with Gasteiger partial charge in [0.1, 0.15) is 12.2 Å². The molecule has 100 valence electrons. The molecule has 0 saturated carbocycles. The minimum absolute atomic E-state index is 0.0645. The van der Waals surface area contributed by atoms with Crippen LogP contribution in [0.4, 0.5) is 0 Å². The molecule has 1 aromatic rings. The van der Waals surface area contributed by atoms with E-state index in [0.717, 1.165) is 17.0 Å². The van der Waals surface area contributed by atoms with Crippen LogP contribution in [0.2, 0.25) is 0 Å². The van der Waals surface area contributed by atoms with Gasteiger partial charge in [0.2, 0.25) is 5.91 Å². The van der Waals surface area contributed by atoms with Crippen LogP contribution in [0, 0.1) is 0 Å². The zero-order valence-electron chi connectivity index (χ0n) is 10.8. The van der Waals surface area contributed by atoms with Gasteiger partial charge in [0.15, 0.2) is 0 Å². The summed E-state index contributed by atoms with van der Waals surface area (Å²) in [7, 11) is 0. The molecular formula is C14H16N2O3. The Labute approximate surface area is 111 Å². The molecule has 1 aromatic carbocycles. The lowest BCUT2D eigenvalue weighted by Gasteiger charge is -2.27. The van der Waals surface area contributed by atoms with Crippen molar-refractivity contribution in [1.29, 1.82) is 0 Å². The fourth-order valence-electron chi connectivity index (χ4n) is 1.70. The van der Waals surface area contributed by atoms with E-state index in [9.17, 15) is 9.59 Å². The Morgan fingerprint density at radius 3 is 2.74 bits per heavy atom. The second-order valence-electron chi connectivity index (χ2n) is 4.19. The molecule has 1 saturated heterocycles. The van der Waals surface area contributed by atoms with E-state index in [1.807, 2.05) is 37.3 Å². The summed E-state index contributed by atoms with van der Waals surface area (Å²) < 4.78 is 0. The molecule has 0 aromatic heterocycles. The van der Waals surface area contributed by atoms with Crippen LogP contribution >= 0.6 is 0 Å². The highest BCUT2D eigenvalue weighted by molar-refractivity contribution is 6.05. The van der Waals surface area contributed by atoms with Crippen molar-refractivity contribution in [2.45, 2.75) is 13.3 Å². The van der Waals surface area contributed by atoms with Gasteiger partial charge in [-0.25, -0.2) is 5.06 Å². The molecule has 1 aliphatic rings. The standard InChI is InChI=1S/C14H16N2O3/c1-2-8-19-16-10-13(17)15-12(14(16)18)9-11-6-4-3-5-7-11/h3-7,9H,2,8,10H2,1H3,(H,15,17). The van der Waals surface area contributed by atoms with Crippen molar-refractivity contribution in [3.63, 3.8) is 0 Å². The van der Waals surface area contributed by atoms with Gasteiger partial charge in [0.25, 0.3) is 5.91 Å². The van der Waals surface area contributed by atoms with E-state index >= 15 is 0 Å². The Morgan fingerprint density at radius 2 is 2.05 bits per heavy atom. The van der Waals surface area contributed by atoms with Gasteiger partial charge in [0, 0.05) is 0 Å². The van der Waals surface area contributed by atoms with Gasteiger partial charge in [-0.1, -0.05) is 37.3 Å². The van der Waals surface area contributed by atoms with E-state index in [1.54, 1.807) is 6.08 Å². The largest absolute Gasteiger partial charge is 0.320 e. The number of nitrogens with zero attached hydrogens (tertiary/aromatic N) is 1. The summed E-state index contributed by atoms with van der Waals surface area (Å²) in [4.78, 5) is 28.9. The summed E-state index contributed by atoms with van der Waals surface area (Å²) in [6.07, 6.45) is 2.42. The van der Waals surface area contributed by atoms with Crippen molar-refractivity contribution < 1.29 is 14.4 Å². The van der Waals surface area contributed by atoms with Crippen molar-refractivity contribution in [3.05, 3.63) is 41.6 Å². The molecule has 19 heavy (non-hydrogen) atoms. The highest BCUT2D eigenvalue weighted by Crippen LogP contribution is 2.11. The van der Waals surface area contributed by atoms with Crippen LogP contribution in [0.1, 0.15) is 18.9 Å². The Hall–Kier alpha value is -2.14. The number of hydroxylamine groups is 2. The number of carbonyl (C=O) groups excluding carboxylic acids is 2. The van der Waals surface area contributed by atoms with Crippen molar-refractivity contribution in [1.82, 2.24) is 10.4 Å². The van der Waals surface area contributed by atoms with Crippen molar-refractivity contribution in [2.24, 2.45) is 0 Å². The summed E-state index contributed by atoms with van der Waals surface area (Å²) in [5, 5.41) is 3.68. The smallest absolute Gasteiger partial charge is 0.294 e. The predicted octanol–water partition coefficient (Wildman–Crippen LogP) is 1.33. The van der Waals surface area contributed by atoms with E-state index in [1.165, 1.54) is 0 Å². The summed E-state index contributed by atoms with van der Waals surface area (Å²) >= 11 is 0. The minimum atomic E-state index is -0.322. The fraction of sp³-hybridized carbons (Fsp3) is 0.286. The van der Waals surface area contributed by atoms with Crippen LogP contribution in [0.15, 0.2) is 36.0 Å². The van der Waals surface area contributed by atoms with Gasteiger partial charge in [0.05, 0.1) is 6.61 Å². The van der Waals surface area contributed by atoms with E-state index in [-0.39, 0.29) is 24.1 Å². The number of piperazine rings is 1. The molecule has 1 aliphatic heterocycles. The van der Waals surface area contributed by atoms with Gasteiger partial charge in [-0.3, -0.25) is 14.4 Å². The third kappa shape index (κ3) is 3.42. The van der Waals surface area contributed by atoms with Crippen LogP contribution in [-0.4, -0.2) is 30.0 Å². The van der Waals surface area contributed by atoms with Crippen molar-refractivity contribution >= 4 is 17.9 Å². The monoisotopic (exact) mass is 260 g/mol. The lowest BCUT2D eigenvalue weighted by Crippen LogP contribution is -2.49. The Kier molecular flexibility index (Phi) is 4.30. The first-order valence-electron chi connectivity index (χ1n) is 6.22. The van der Waals surface area contributed by atoms with Gasteiger partial charge in [-0.2, -0.15) is 0 Å². The zero-order valence-corrected chi connectivity index (χ0v) is 10.8. The van der Waals surface area contributed by atoms with E-state index in [2.05, 4.69) is 5.32 Å². The predicted molar refractivity (Wildman–Crippen MR) is 70.5 cm³/mol. The Morgan fingerprint density at radius 1 is 1.32 bits per heavy atom. The third-order valence-corrected chi connectivity index (χ3v) is 2.58. The maximum atomic E-state index is 12.1. The van der Waals surface area contributed by atoms with Crippen LogP contribution in [0.5, 0.6) is 0 Å². The Balaban J connectivity index is 2.17. The second kappa shape index (κ2) is 6.15. The third-order valence-electron chi connectivity index (χ3n) is 2.58. The molecule has 2 amide bonds. The normalized spacial score (nSPS) is 17.7. The van der Waals surface area contributed by atoms with Gasteiger partial charge < -0.3 is 5.32 Å². The Bertz CT molecular complexity index is 497. The number of hydrogen-bond donors (Lipinski definition) is 1. The summed E-state index contributed by atoms with van der Waals surface area (Å²) in [5.41, 5.74) is 1.09. The molecule has 0 unspecified atom stereocenters. The molecule has 0 radical (unpaired) electrons. The quantitative estimate of drug-likeness (QED) is 0.831. The average molecular weight is 260 g/mol. The first kappa shape index (κ1) is 13.3. The topological polar surface area (TPSA) is 58.6 Å². The van der Waals surface area contributed by atoms with Crippen LogP contribution in [0.3, 0.4) is 0 Å². The fourth-order valence-corrected chi connectivity index (χ4v) is 1.70. The molecule has 5 nitrogen and oxygen atoms in total. The first-order chi connectivity index (χ1) is 9.20. The molecular weight excluding hydrogens is 244 g/mol. The van der Waals surface area contributed by atoms with Gasteiger partial charge in [-0.05, 0) is 18.1 Å². The van der Waals surface area contributed by atoms with E-state index in [4.69, 9.17) is 4.84 Å². The summed E-state index contributed by atoms with van der Waals surface area (Å²) in [6.45, 7) is 2.29. The number of nitrogens with one attached hydrogen (secondary N) is 1. The van der Waals surface area contributed by atoms with E-state index < -0.39 is 0 Å². The lowest BCUT2D eigenvalue weighted by molar-refractivity contribution is -0.188. The second-order valence-corrected chi connectivity index (χ2v) is 4.19. The molecule has 1 N–H and O–H groups in total. The van der Waals surface area contributed by atoms with E-state index in [0.29, 0.717) is 6.61 Å². The highest BCUT2D eigenvalue weighted by atomic mass is 16.7. The molecule has 5 heteroatoms. The molecule has 1 heterocycles. The van der Waals surface area contributed by atoms with Crippen LogP contribution in [0.25, 0.3) is 6.08 Å². The van der Waals surface area contributed by atoms with Gasteiger partial charge >= 0.3 is 0 Å². The maximum Gasteiger partial charge on any atom is 0.294 e. The highest BCUT2D eigenvalue weighted by Gasteiger charge is 2.28. The summed E-state index contributed by atoms with van der Waals surface area (Å²) in [6, 6.07) is 9.34. The number of hydrogen-bond acceptors (Lipinski definition) is 3. The van der Waals surface area contributed by atoms with Gasteiger partial charge in [-0.15, -0.1) is 0 Å². The molecule has 0 aliphatic carbocycles.